The second kappa shape index (κ2) is 12.5. The maximum atomic E-state index is 6.89. The average Bonchev–Trinajstić information content (AvgIpc) is 3.96. The molecule has 6 nitrogen and oxygen atoms in total. The molecule has 0 bridgehead atoms. The molecule has 0 saturated carbocycles. The lowest BCUT2D eigenvalue weighted by atomic mass is 9.82. The molecule has 2 unspecified atom stereocenters. The van der Waals surface area contributed by atoms with E-state index in [1.165, 1.54) is 22.5 Å². The van der Waals surface area contributed by atoms with E-state index >= 15 is 0 Å². The van der Waals surface area contributed by atoms with Crippen molar-refractivity contribution in [2.45, 2.75) is 12.0 Å². The number of nitrogens with zero attached hydrogens (tertiary/aromatic N) is 4. The molecular weight excluding hydrogens is 701 g/mol. The molecule has 57 heavy (non-hydrogen) atoms. The monoisotopic (exact) mass is 732 g/mol. The Balaban J connectivity index is 1.05. The number of para-hydroxylation sites is 4. The molecule has 12 rings (SSSR count). The molecule has 268 valence electrons. The summed E-state index contributed by atoms with van der Waals surface area (Å²) in [6, 6.07) is 58.8. The van der Waals surface area contributed by atoms with Gasteiger partial charge in [0.1, 0.15) is 22.5 Å². The van der Waals surface area contributed by atoms with E-state index in [-0.39, 0.29) is 12.0 Å². The van der Waals surface area contributed by atoms with Crippen LogP contribution in [0.4, 0.5) is 11.4 Å². The summed E-state index contributed by atoms with van der Waals surface area (Å²) in [5, 5.41) is 3.05. The standard InChI is InChI=1S/C51H32N4O2/c1-3-13-31(14-4-1)32-25-27-33(28-26-32)49-52-50(38-20-12-24-43-45(38)36-18-8-10-23-42(36)56-43)54-51(53-49)39-21-11-19-37-47-44(57-48(37)39)30-29-41-46(47)35-17-7-9-22-40(35)55(41)34-15-5-2-6-16-34/h1-30,41,46H. The molecule has 6 heteroatoms. The first-order chi connectivity index (χ1) is 28.3. The largest absolute Gasteiger partial charge is 0.456 e. The predicted molar refractivity (Wildman–Crippen MR) is 228 cm³/mol. The van der Waals surface area contributed by atoms with E-state index in [1.54, 1.807) is 0 Å². The van der Waals surface area contributed by atoms with Crippen LogP contribution in [0.25, 0.3) is 84.3 Å². The summed E-state index contributed by atoms with van der Waals surface area (Å²) in [6.07, 6.45) is 4.43. The SMILES string of the molecule is C1=CC2C(c3ccccc3N2c2ccccc2)c2c1oc1c(-c3nc(-c4ccc(-c5ccccc5)cc4)nc(-c4cccc5oc6ccccc6c45)n3)cccc21. The van der Waals surface area contributed by atoms with Gasteiger partial charge in [-0.05, 0) is 59.2 Å². The van der Waals surface area contributed by atoms with Crippen molar-refractivity contribution in [3.8, 4) is 45.3 Å². The fourth-order valence-corrected chi connectivity index (χ4v) is 9.00. The molecule has 0 fully saturated rings. The van der Waals surface area contributed by atoms with Crippen LogP contribution in [0, 0.1) is 0 Å². The fourth-order valence-electron chi connectivity index (χ4n) is 9.00. The van der Waals surface area contributed by atoms with Gasteiger partial charge < -0.3 is 13.7 Å². The minimum absolute atomic E-state index is 0.0810. The molecule has 3 aromatic heterocycles. The number of rotatable bonds is 5. The van der Waals surface area contributed by atoms with Gasteiger partial charge in [-0.25, -0.2) is 15.0 Å². The van der Waals surface area contributed by atoms with Crippen molar-refractivity contribution >= 4 is 50.4 Å². The van der Waals surface area contributed by atoms with Crippen LogP contribution >= 0.6 is 0 Å². The first-order valence-corrected chi connectivity index (χ1v) is 19.3. The second-order valence-corrected chi connectivity index (χ2v) is 14.7. The highest BCUT2D eigenvalue weighted by atomic mass is 16.3. The van der Waals surface area contributed by atoms with Crippen LogP contribution in [0.3, 0.4) is 0 Å². The molecule has 0 N–H and O–H groups in total. The Bertz CT molecular complexity index is 3200. The second-order valence-electron chi connectivity index (χ2n) is 14.7. The number of aromatic nitrogens is 3. The third-order valence-corrected chi connectivity index (χ3v) is 11.5. The van der Waals surface area contributed by atoms with Gasteiger partial charge in [0, 0.05) is 50.1 Å². The Labute approximate surface area is 328 Å². The molecular formula is C51H32N4O2. The minimum Gasteiger partial charge on any atom is -0.456 e. The topological polar surface area (TPSA) is 68.2 Å². The van der Waals surface area contributed by atoms with E-state index in [4.69, 9.17) is 23.8 Å². The van der Waals surface area contributed by atoms with Gasteiger partial charge in [0.15, 0.2) is 17.5 Å². The number of benzene rings is 7. The molecule has 0 amide bonds. The predicted octanol–water partition coefficient (Wildman–Crippen LogP) is 12.9. The van der Waals surface area contributed by atoms with Gasteiger partial charge in [0.25, 0.3) is 0 Å². The van der Waals surface area contributed by atoms with Crippen LogP contribution in [-0.4, -0.2) is 21.0 Å². The number of anilines is 2. The summed E-state index contributed by atoms with van der Waals surface area (Å²) in [5.41, 5.74) is 12.1. The average molecular weight is 733 g/mol. The van der Waals surface area contributed by atoms with E-state index in [2.05, 4.69) is 151 Å². The lowest BCUT2D eigenvalue weighted by Crippen LogP contribution is -2.30. The van der Waals surface area contributed by atoms with Gasteiger partial charge in [-0.1, -0.05) is 140 Å². The van der Waals surface area contributed by atoms with Crippen molar-refractivity contribution < 1.29 is 8.83 Å². The van der Waals surface area contributed by atoms with Crippen molar-refractivity contribution in [1.82, 2.24) is 15.0 Å². The van der Waals surface area contributed by atoms with Crippen LogP contribution in [0.15, 0.2) is 185 Å². The maximum Gasteiger partial charge on any atom is 0.167 e. The van der Waals surface area contributed by atoms with E-state index < -0.39 is 0 Å². The molecule has 10 aromatic rings. The van der Waals surface area contributed by atoms with Gasteiger partial charge in [0.05, 0.1) is 11.6 Å². The van der Waals surface area contributed by atoms with E-state index in [9.17, 15) is 0 Å². The van der Waals surface area contributed by atoms with Gasteiger partial charge in [-0.15, -0.1) is 0 Å². The first-order valence-electron chi connectivity index (χ1n) is 19.3. The molecule has 7 aromatic carbocycles. The Morgan fingerprint density at radius 3 is 1.96 bits per heavy atom. The normalized spacial score (nSPS) is 15.6. The number of furan rings is 2. The Morgan fingerprint density at radius 1 is 0.474 bits per heavy atom. The minimum atomic E-state index is 0.0810. The van der Waals surface area contributed by atoms with Crippen LogP contribution in [0.5, 0.6) is 0 Å². The fraction of sp³-hybridized carbons (Fsp3) is 0.0392. The zero-order valence-electron chi connectivity index (χ0n) is 30.6. The molecule has 2 atom stereocenters. The highest BCUT2D eigenvalue weighted by Gasteiger charge is 2.43. The smallest absolute Gasteiger partial charge is 0.167 e. The molecule has 0 radical (unpaired) electrons. The van der Waals surface area contributed by atoms with Crippen molar-refractivity contribution in [3.05, 3.63) is 193 Å². The molecule has 0 saturated heterocycles. The molecule has 1 aliphatic carbocycles. The third-order valence-electron chi connectivity index (χ3n) is 11.5. The van der Waals surface area contributed by atoms with Crippen molar-refractivity contribution in [2.75, 3.05) is 4.90 Å². The number of fused-ring (bicyclic) bond motifs is 10. The van der Waals surface area contributed by atoms with E-state index in [0.717, 1.165) is 66.5 Å². The quantitative estimate of drug-likeness (QED) is 0.175. The molecule has 1 aliphatic heterocycles. The molecule has 2 aliphatic rings. The molecule has 4 heterocycles. The van der Waals surface area contributed by atoms with E-state index in [1.807, 2.05) is 36.4 Å². The van der Waals surface area contributed by atoms with Crippen LogP contribution < -0.4 is 4.90 Å². The highest BCUT2D eigenvalue weighted by Crippen LogP contribution is 2.54. The summed E-state index contributed by atoms with van der Waals surface area (Å²) in [5.74, 6) is 2.63. The first kappa shape index (κ1) is 31.7. The zero-order chi connectivity index (χ0) is 37.5. The van der Waals surface area contributed by atoms with Gasteiger partial charge in [-0.2, -0.15) is 0 Å². The highest BCUT2D eigenvalue weighted by molar-refractivity contribution is 6.12. The Morgan fingerprint density at radius 2 is 1.11 bits per heavy atom. The number of hydrogen-bond donors (Lipinski definition) is 0. The summed E-state index contributed by atoms with van der Waals surface area (Å²) < 4.78 is 13.2. The van der Waals surface area contributed by atoms with Crippen LogP contribution in [0.1, 0.15) is 22.8 Å². The lowest BCUT2D eigenvalue weighted by Gasteiger charge is -2.30. The summed E-state index contributed by atoms with van der Waals surface area (Å²) in [6.45, 7) is 0. The van der Waals surface area contributed by atoms with Gasteiger partial charge in [0.2, 0.25) is 0 Å². The third kappa shape index (κ3) is 4.94. The lowest BCUT2D eigenvalue weighted by molar-refractivity contribution is 0.584. The Hall–Kier alpha value is -7.57. The summed E-state index contributed by atoms with van der Waals surface area (Å²) in [7, 11) is 0. The Kier molecular flexibility index (Phi) is 6.95. The van der Waals surface area contributed by atoms with Crippen LogP contribution in [0.2, 0.25) is 0 Å². The summed E-state index contributed by atoms with van der Waals surface area (Å²) in [4.78, 5) is 18.1. The number of hydrogen-bond acceptors (Lipinski definition) is 6. The van der Waals surface area contributed by atoms with E-state index in [0.29, 0.717) is 17.5 Å². The zero-order valence-corrected chi connectivity index (χ0v) is 30.6. The summed E-state index contributed by atoms with van der Waals surface area (Å²) >= 11 is 0. The molecule has 0 spiro atoms. The van der Waals surface area contributed by atoms with Crippen molar-refractivity contribution in [2.24, 2.45) is 0 Å². The van der Waals surface area contributed by atoms with Gasteiger partial charge in [-0.3, -0.25) is 0 Å². The van der Waals surface area contributed by atoms with Gasteiger partial charge >= 0.3 is 0 Å². The van der Waals surface area contributed by atoms with Crippen LogP contribution in [-0.2, 0) is 0 Å². The van der Waals surface area contributed by atoms with Crippen molar-refractivity contribution in [3.63, 3.8) is 0 Å². The maximum absolute atomic E-state index is 6.89. The van der Waals surface area contributed by atoms with Crippen molar-refractivity contribution in [1.29, 1.82) is 0 Å².